The van der Waals surface area contributed by atoms with Gasteiger partial charge in [-0.2, -0.15) is 0 Å². The maximum absolute atomic E-state index is 11.0. The smallest absolute Gasteiger partial charge is 0.113 e. The molecule has 0 amide bonds. The average molecular weight is 130 g/mol. The fraction of sp³-hybridized carbons (Fsp3) is 1.00. The Morgan fingerprint density at radius 2 is 2.44 bits per heavy atom. The van der Waals surface area contributed by atoms with Gasteiger partial charge in [0.25, 0.3) is 0 Å². The molecule has 1 heterocycles. The zero-order chi connectivity index (χ0) is 6.69. The van der Waals surface area contributed by atoms with Crippen molar-refractivity contribution in [2.24, 2.45) is 0 Å². The van der Waals surface area contributed by atoms with Crippen molar-refractivity contribution in [3.05, 3.63) is 0 Å². The van der Waals surface area contributed by atoms with Crippen LogP contribution in [0.25, 0.3) is 0 Å². The molecule has 1 N–H and O–H groups in total. The van der Waals surface area contributed by atoms with Crippen LogP contribution in [0.15, 0.2) is 0 Å². The van der Waals surface area contributed by atoms with Gasteiger partial charge in [-0.3, -0.25) is 0 Å². The van der Waals surface area contributed by atoms with E-state index in [1.807, 2.05) is 0 Å². The van der Waals surface area contributed by atoms with Gasteiger partial charge in [0.05, 0.1) is 12.6 Å². The van der Waals surface area contributed by atoms with Gasteiger partial charge in [0.1, 0.15) is 6.10 Å². The highest BCUT2D eigenvalue weighted by molar-refractivity contribution is 4.76. The molecule has 3 nitrogen and oxygen atoms in total. The van der Waals surface area contributed by atoms with Crippen molar-refractivity contribution in [2.45, 2.75) is 18.6 Å². The van der Waals surface area contributed by atoms with Crippen molar-refractivity contribution >= 4 is 0 Å². The molecule has 1 aliphatic heterocycles. The predicted molar refractivity (Wildman–Crippen MR) is 32.8 cm³/mol. The van der Waals surface area contributed by atoms with Crippen LogP contribution in [0.4, 0.5) is 0 Å². The summed E-state index contributed by atoms with van der Waals surface area (Å²) in [4.78, 5) is 0. The molecular weight excluding hydrogens is 118 g/mol. The van der Waals surface area contributed by atoms with Crippen LogP contribution in [0, 0.1) is 0 Å². The highest BCUT2D eigenvalue weighted by atomic mass is 16.5. The summed E-state index contributed by atoms with van der Waals surface area (Å²) in [6.45, 7) is 1.21. The number of ether oxygens (including phenoxy) is 1. The first-order chi connectivity index (χ1) is 4.34. The maximum atomic E-state index is 11.0. The SMILES string of the molecule is CN[C@H]1COCC[C@H]1[O]. The quantitative estimate of drug-likeness (QED) is 0.533. The summed E-state index contributed by atoms with van der Waals surface area (Å²) in [5.41, 5.74) is 0. The molecule has 0 unspecified atom stereocenters. The molecule has 0 aromatic rings. The summed E-state index contributed by atoms with van der Waals surface area (Å²) in [5.74, 6) is 0. The van der Waals surface area contributed by atoms with Crippen LogP contribution < -0.4 is 5.32 Å². The van der Waals surface area contributed by atoms with Gasteiger partial charge < -0.3 is 10.1 Å². The Hall–Kier alpha value is -0.120. The van der Waals surface area contributed by atoms with E-state index in [-0.39, 0.29) is 6.04 Å². The summed E-state index contributed by atoms with van der Waals surface area (Å²) in [6, 6.07) is 0.0266. The minimum atomic E-state index is -0.469. The fourth-order valence-corrected chi connectivity index (χ4v) is 0.988. The van der Waals surface area contributed by atoms with E-state index in [9.17, 15) is 5.11 Å². The highest BCUT2D eigenvalue weighted by Gasteiger charge is 2.22. The van der Waals surface area contributed by atoms with Gasteiger partial charge in [0.2, 0.25) is 0 Å². The molecule has 0 bridgehead atoms. The lowest BCUT2D eigenvalue weighted by Gasteiger charge is -2.25. The number of likely N-dealkylation sites (N-methyl/N-ethyl adjacent to an activating group) is 1. The lowest BCUT2D eigenvalue weighted by atomic mass is 10.1. The molecule has 1 radical (unpaired) electrons. The van der Waals surface area contributed by atoms with Crippen molar-refractivity contribution in [2.75, 3.05) is 20.3 Å². The predicted octanol–water partition coefficient (Wildman–Crippen LogP) is -0.206. The largest absolute Gasteiger partial charge is 0.380 e. The van der Waals surface area contributed by atoms with Gasteiger partial charge >= 0.3 is 0 Å². The summed E-state index contributed by atoms with van der Waals surface area (Å²) in [6.07, 6.45) is 0.176. The molecule has 1 rings (SSSR count). The lowest BCUT2D eigenvalue weighted by molar-refractivity contribution is -0.0456. The molecule has 53 valence electrons. The molecule has 0 aromatic carbocycles. The molecule has 1 saturated heterocycles. The monoisotopic (exact) mass is 130 g/mol. The van der Waals surface area contributed by atoms with Gasteiger partial charge in [-0.05, 0) is 7.05 Å². The Labute approximate surface area is 55.0 Å². The van der Waals surface area contributed by atoms with Gasteiger partial charge in [0.15, 0.2) is 0 Å². The zero-order valence-electron chi connectivity index (χ0n) is 5.59. The molecule has 3 heteroatoms. The van der Waals surface area contributed by atoms with Crippen molar-refractivity contribution in [3.8, 4) is 0 Å². The van der Waals surface area contributed by atoms with Crippen LogP contribution in [0.5, 0.6) is 0 Å². The molecule has 1 aliphatic rings. The van der Waals surface area contributed by atoms with Gasteiger partial charge in [-0.1, -0.05) is 0 Å². The minimum Gasteiger partial charge on any atom is -0.380 e. The van der Waals surface area contributed by atoms with E-state index in [4.69, 9.17) is 4.74 Å². The van der Waals surface area contributed by atoms with E-state index in [0.717, 1.165) is 0 Å². The number of nitrogens with one attached hydrogen (secondary N) is 1. The van der Waals surface area contributed by atoms with E-state index < -0.39 is 6.10 Å². The maximum Gasteiger partial charge on any atom is 0.113 e. The molecule has 0 aliphatic carbocycles. The summed E-state index contributed by atoms with van der Waals surface area (Å²) >= 11 is 0. The fourth-order valence-electron chi connectivity index (χ4n) is 0.988. The van der Waals surface area contributed by atoms with Crippen LogP contribution in [-0.2, 0) is 9.84 Å². The van der Waals surface area contributed by atoms with Crippen molar-refractivity contribution in [1.29, 1.82) is 0 Å². The molecule has 2 atom stereocenters. The van der Waals surface area contributed by atoms with E-state index >= 15 is 0 Å². The molecule has 0 spiro atoms. The molecule has 9 heavy (non-hydrogen) atoms. The summed E-state index contributed by atoms with van der Waals surface area (Å²) in [7, 11) is 1.80. The van der Waals surface area contributed by atoms with Crippen LogP contribution in [-0.4, -0.2) is 32.4 Å². The zero-order valence-corrected chi connectivity index (χ0v) is 5.59. The van der Waals surface area contributed by atoms with Crippen molar-refractivity contribution in [1.82, 2.24) is 5.32 Å². The first-order valence-corrected chi connectivity index (χ1v) is 3.25. The third-order valence-corrected chi connectivity index (χ3v) is 1.66. The number of hydrogen-bond acceptors (Lipinski definition) is 2. The van der Waals surface area contributed by atoms with E-state index in [1.165, 1.54) is 0 Å². The van der Waals surface area contributed by atoms with E-state index in [2.05, 4.69) is 5.32 Å². The average Bonchev–Trinajstić information content (AvgIpc) is 1.89. The second kappa shape index (κ2) is 3.15. The Morgan fingerprint density at radius 3 is 2.89 bits per heavy atom. The number of rotatable bonds is 1. The van der Waals surface area contributed by atoms with Crippen molar-refractivity contribution < 1.29 is 9.84 Å². The second-order valence-electron chi connectivity index (χ2n) is 2.30. The third kappa shape index (κ3) is 1.64. The van der Waals surface area contributed by atoms with Gasteiger partial charge in [-0.15, -0.1) is 0 Å². The summed E-state index contributed by atoms with van der Waals surface area (Å²) in [5, 5.41) is 13.9. The Balaban J connectivity index is 2.30. The van der Waals surface area contributed by atoms with Crippen molar-refractivity contribution in [3.63, 3.8) is 0 Å². The Kier molecular flexibility index (Phi) is 2.45. The van der Waals surface area contributed by atoms with Crippen LogP contribution in [0.2, 0.25) is 0 Å². The summed E-state index contributed by atoms with van der Waals surface area (Å²) < 4.78 is 5.08. The molecular formula is C6H12NO2. The van der Waals surface area contributed by atoms with Gasteiger partial charge in [0, 0.05) is 13.0 Å². The van der Waals surface area contributed by atoms with Crippen LogP contribution >= 0.6 is 0 Å². The molecule has 0 saturated carbocycles. The van der Waals surface area contributed by atoms with Crippen LogP contribution in [0.3, 0.4) is 0 Å². The minimum absolute atomic E-state index is 0.0266. The third-order valence-electron chi connectivity index (χ3n) is 1.66. The molecule has 0 aromatic heterocycles. The second-order valence-corrected chi connectivity index (χ2v) is 2.30. The van der Waals surface area contributed by atoms with Gasteiger partial charge in [-0.25, -0.2) is 5.11 Å². The first kappa shape index (κ1) is 6.99. The number of hydrogen-bond donors (Lipinski definition) is 1. The first-order valence-electron chi connectivity index (χ1n) is 3.25. The van der Waals surface area contributed by atoms with E-state index in [0.29, 0.717) is 19.6 Å². The topological polar surface area (TPSA) is 41.2 Å². The highest BCUT2D eigenvalue weighted by Crippen LogP contribution is 2.06. The van der Waals surface area contributed by atoms with E-state index in [1.54, 1.807) is 7.05 Å². The normalized spacial score (nSPS) is 36.7. The Morgan fingerprint density at radius 1 is 1.67 bits per heavy atom. The van der Waals surface area contributed by atoms with Crippen LogP contribution in [0.1, 0.15) is 6.42 Å². The molecule has 1 fully saturated rings. The lowest BCUT2D eigenvalue weighted by Crippen LogP contribution is -2.44. The standard InChI is InChI=1S/C6H12NO2/c1-7-5-4-9-3-2-6(5)8/h5-7H,2-4H2,1H3/t5-,6+/m0/s1. The Bertz CT molecular complexity index is 87.1.